The van der Waals surface area contributed by atoms with E-state index in [4.69, 9.17) is 9.73 Å². The zero-order chi connectivity index (χ0) is 19.6. The highest BCUT2D eigenvalue weighted by atomic mass is 127. The Morgan fingerprint density at radius 2 is 1.93 bits per heavy atom. The number of anilines is 1. The number of halogens is 1. The van der Waals surface area contributed by atoms with Gasteiger partial charge >= 0.3 is 0 Å². The molecule has 7 heteroatoms. The summed E-state index contributed by atoms with van der Waals surface area (Å²) in [6, 6.07) is 14.1. The van der Waals surface area contributed by atoms with Gasteiger partial charge in [-0.2, -0.15) is 0 Å². The molecule has 0 bridgehead atoms. The van der Waals surface area contributed by atoms with Gasteiger partial charge in [0.25, 0.3) is 0 Å². The van der Waals surface area contributed by atoms with Gasteiger partial charge in [-0.1, -0.05) is 24.3 Å². The van der Waals surface area contributed by atoms with Gasteiger partial charge in [-0.05, 0) is 43.5 Å². The van der Waals surface area contributed by atoms with Crippen LogP contribution in [-0.2, 0) is 6.54 Å². The number of nitrogens with one attached hydrogen (secondary N) is 1. The first-order valence-corrected chi connectivity index (χ1v) is 10.1. The standard InChI is InChI=1S/C22H31N5O.HI/c1-3-23-22(26(2)15-16-28-20-9-5-4-6-10-20)25-18-19-11-12-21(24-17-19)27-13-7-8-14-27;/h4-6,9-12,17H,3,7-8,13-16,18H2,1-2H3,(H,23,25);1H. The lowest BCUT2D eigenvalue weighted by Gasteiger charge is -2.22. The zero-order valence-corrected chi connectivity index (χ0v) is 19.7. The number of aromatic nitrogens is 1. The Morgan fingerprint density at radius 1 is 1.17 bits per heavy atom. The van der Waals surface area contributed by atoms with Crippen LogP contribution in [0.4, 0.5) is 5.82 Å². The molecule has 1 fully saturated rings. The molecule has 0 aliphatic carbocycles. The van der Waals surface area contributed by atoms with Crippen molar-refractivity contribution in [1.29, 1.82) is 0 Å². The third-order valence-electron chi connectivity index (χ3n) is 4.79. The quantitative estimate of drug-likeness (QED) is 0.334. The molecule has 3 rings (SSSR count). The fraction of sp³-hybridized carbons (Fsp3) is 0.455. The minimum absolute atomic E-state index is 0. The van der Waals surface area contributed by atoms with Gasteiger partial charge in [-0.3, -0.25) is 0 Å². The van der Waals surface area contributed by atoms with E-state index in [0.717, 1.165) is 49.3 Å². The predicted octanol–water partition coefficient (Wildman–Crippen LogP) is 3.78. The van der Waals surface area contributed by atoms with Crippen LogP contribution in [0.15, 0.2) is 53.7 Å². The Bertz CT molecular complexity index is 733. The van der Waals surface area contributed by atoms with Crippen LogP contribution in [0.2, 0.25) is 0 Å². The molecule has 0 spiro atoms. The smallest absolute Gasteiger partial charge is 0.194 e. The second-order valence-corrected chi connectivity index (χ2v) is 6.97. The molecule has 1 aromatic heterocycles. The van der Waals surface area contributed by atoms with Gasteiger partial charge in [-0.25, -0.2) is 9.98 Å². The van der Waals surface area contributed by atoms with E-state index in [0.29, 0.717) is 13.2 Å². The van der Waals surface area contributed by atoms with Gasteiger partial charge in [0.2, 0.25) is 0 Å². The number of nitrogens with zero attached hydrogens (tertiary/aromatic N) is 4. The Labute approximate surface area is 191 Å². The molecule has 29 heavy (non-hydrogen) atoms. The van der Waals surface area contributed by atoms with Crippen molar-refractivity contribution >= 4 is 35.8 Å². The van der Waals surface area contributed by atoms with Crippen LogP contribution >= 0.6 is 24.0 Å². The summed E-state index contributed by atoms with van der Waals surface area (Å²) < 4.78 is 5.79. The number of hydrogen-bond donors (Lipinski definition) is 1. The highest BCUT2D eigenvalue weighted by Crippen LogP contribution is 2.17. The van der Waals surface area contributed by atoms with E-state index < -0.39 is 0 Å². The van der Waals surface area contributed by atoms with E-state index >= 15 is 0 Å². The fourth-order valence-corrected chi connectivity index (χ4v) is 3.20. The molecule has 0 unspecified atom stereocenters. The molecule has 1 N–H and O–H groups in total. The molecule has 1 aliphatic heterocycles. The molecular weight excluding hydrogens is 477 g/mol. The number of likely N-dealkylation sites (N-methyl/N-ethyl adjacent to an activating group) is 1. The van der Waals surface area contributed by atoms with Crippen molar-refractivity contribution in [3.05, 3.63) is 54.2 Å². The van der Waals surface area contributed by atoms with Crippen LogP contribution in [0.25, 0.3) is 0 Å². The summed E-state index contributed by atoms with van der Waals surface area (Å²) in [7, 11) is 2.03. The van der Waals surface area contributed by atoms with Crippen molar-refractivity contribution in [2.75, 3.05) is 44.7 Å². The van der Waals surface area contributed by atoms with Crippen molar-refractivity contribution in [3.63, 3.8) is 0 Å². The van der Waals surface area contributed by atoms with Crippen molar-refractivity contribution < 1.29 is 4.74 Å². The number of para-hydroxylation sites is 1. The molecular formula is C22H32IN5O. The Balaban J connectivity index is 0.00000300. The maximum Gasteiger partial charge on any atom is 0.194 e. The third kappa shape index (κ3) is 7.38. The Morgan fingerprint density at radius 3 is 2.59 bits per heavy atom. The molecule has 0 amide bonds. The number of aliphatic imine (C=N–C) groups is 1. The second-order valence-electron chi connectivity index (χ2n) is 6.97. The summed E-state index contributed by atoms with van der Waals surface area (Å²) in [6.07, 6.45) is 4.47. The minimum Gasteiger partial charge on any atom is -0.492 e. The third-order valence-corrected chi connectivity index (χ3v) is 4.79. The first-order chi connectivity index (χ1) is 13.8. The highest BCUT2D eigenvalue weighted by molar-refractivity contribution is 14.0. The Kier molecular flexibility index (Phi) is 10.0. The lowest BCUT2D eigenvalue weighted by atomic mass is 10.3. The van der Waals surface area contributed by atoms with Gasteiger partial charge in [0.15, 0.2) is 5.96 Å². The summed E-state index contributed by atoms with van der Waals surface area (Å²) in [5.74, 6) is 2.84. The van der Waals surface area contributed by atoms with E-state index in [2.05, 4.69) is 39.2 Å². The minimum atomic E-state index is 0. The average Bonchev–Trinajstić information content (AvgIpc) is 3.27. The molecule has 1 aromatic carbocycles. The monoisotopic (exact) mass is 509 g/mol. The van der Waals surface area contributed by atoms with Crippen LogP contribution in [-0.4, -0.2) is 55.7 Å². The molecule has 0 atom stereocenters. The first-order valence-electron chi connectivity index (χ1n) is 10.1. The summed E-state index contributed by atoms with van der Waals surface area (Å²) in [5.41, 5.74) is 1.12. The van der Waals surface area contributed by atoms with Crippen molar-refractivity contribution in [3.8, 4) is 5.75 Å². The van der Waals surface area contributed by atoms with Crippen LogP contribution < -0.4 is 15.0 Å². The molecule has 2 aromatic rings. The molecule has 1 saturated heterocycles. The lowest BCUT2D eigenvalue weighted by molar-refractivity contribution is 0.281. The van der Waals surface area contributed by atoms with E-state index in [1.807, 2.05) is 43.6 Å². The van der Waals surface area contributed by atoms with Crippen LogP contribution in [0.1, 0.15) is 25.3 Å². The van der Waals surface area contributed by atoms with E-state index in [9.17, 15) is 0 Å². The summed E-state index contributed by atoms with van der Waals surface area (Å²) >= 11 is 0. The number of pyridine rings is 1. The number of rotatable bonds is 8. The Hall–Kier alpha value is -2.03. The fourth-order valence-electron chi connectivity index (χ4n) is 3.20. The molecule has 6 nitrogen and oxygen atoms in total. The summed E-state index contributed by atoms with van der Waals surface area (Å²) in [6.45, 7) is 7.12. The lowest BCUT2D eigenvalue weighted by Crippen LogP contribution is -2.40. The van der Waals surface area contributed by atoms with Crippen molar-refractivity contribution in [2.24, 2.45) is 4.99 Å². The number of guanidine groups is 1. The van der Waals surface area contributed by atoms with Crippen molar-refractivity contribution in [2.45, 2.75) is 26.3 Å². The molecule has 2 heterocycles. The zero-order valence-electron chi connectivity index (χ0n) is 17.4. The maximum atomic E-state index is 5.79. The summed E-state index contributed by atoms with van der Waals surface area (Å²) in [5, 5.41) is 3.35. The first kappa shape index (κ1) is 23.3. The van der Waals surface area contributed by atoms with E-state index in [1.165, 1.54) is 12.8 Å². The van der Waals surface area contributed by atoms with Gasteiger partial charge in [0, 0.05) is 32.9 Å². The van der Waals surface area contributed by atoms with E-state index in [1.54, 1.807) is 0 Å². The van der Waals surface area contributed by atoms with E-state index in [-0.39, 0.29) is 24.0 Å². The van der Waals surface area contributed by atoms with Gasteiger partial charge in [0.05, 0.1) is 13.1 Å². The predicted molar refractivity (Wildman–Crippen MR) is 130 cm³/mol. The van der Waals surface area contributed by atoms with Gasteiger partial charge in [0.1, 0.15) is 18.2 Å². The number of benzene rings is 1. The number of ether oxygens (including phenoxy) is 1. The largest absolute Gasteiger partial charge is 0.492 e. The molecule has 1 aliphatic rings. The van der Waals surface area contributed by atoms with Crippen LogP contribution in [0.5, 0.6) is 5.75 Å². The summed E-state index contributed by atoms with van der Waals surface area (Å²) in [4.78, 5) is 13.8. The maximum absolute atomic E-state index is 5.79. The van der Waals surface area contributed by atoms with Crippen LogP contribution in [0.3, 0.4) is 0 Å². The van der Waals surface area contributed by atoms with Gasteiger partial charge < -0.3 is 19.9 Å². The molecule has 0 saturated carbocycles. The second kappa shape index (κ2) is 12.5. The topological polar surface area (TPSA) is 53.0 Å². The normalized spacial score (nSPS) is 13.7. The number of hydrogen-bond acceptors (Lipinski definition) is 4. The van der Waals surface area contributed by atoms with Crippen LogP contribution in [0, 0.1) is 0 Å². The molecule has 0 radical (unpaired) electrons. The molecule has 158 valence electrons. The SMILES string of the molecule is CCNC(=NCc1ccc(N2CCCC2)nc1)N(C)CCOc1ccccc1.I. The van der Waals surface area contributed by atoms with Gasteiger partial charge in [-0.15, -0.1) is 24.0 Å². The average molecular weight is 509 g/mol. The van der Waals surface area contributed by atoms with Crippen molar-refractivity contribution in [1.82, 2.24) is 15.2 Å². The highest BCUT2D eigenvalue weighted by Gasteiger charge is 2.13.